The number of hydrogen-bond acceptors (Lipinski definition) is 4. The van der Waals surface area contributed by atoms with Gasteiger partial charge in [-0.3, -0.25) is 4.79 Å². The van der Waals surface area contributed by atoms with Crippen LogP contribution in [0.4, 0.5) is 5.69 Å². The Hall–Kier alpha value is -2.89. The maximum Gasteiger partial charge on any atom is 0.251 e. The molecule has 0 unspecified atom stereocenters. The number of anilines is 1. The van der Waals surface area contributed by atoms with Gasteiger partial charge in [-0.25, -0.2) is 4.68 Å². The highest BCUT2D eigenvalue weighted by Crippen LogP contribution is 2.14. The fourth-order valence-electron chi connectivity index (χ4n) is 3.03. The number of carbonyl (C=O) groups excluding carboxylic acids is 1. The smallest absolute Gasteiger partial charge is 0.251 e. The van der Waals surface area contributed by atoms with Gasteiger partial charge in [-0.1, -0.05) is 23.4 Å². The largest absolute Gasteiger partial charge is 0.372 e. The molecule has 0 fully saturated rings. The summed E-state index contributed by atoms with van der Waals surface area (Å²) in [6.45, 7) is 7.42. The molecule has 0 saturated carbocycles. The number of aryl methyl sites for hydroxylation is 1. The number of fused-ring (bicyclic) bond motifs is 1. The van der Waals surface area contributed by atoms with Crippen molar-refractivity contribution >= 4 is 22.6 Å². The van der Waals surface area contributed by atoms with E-state index in [2.05, 4.69) is 39.6 Å². The maximum absolute atomic E-state index is 12.4. The third-order valence-electron chi connectivity index (χ3n) is 4.47. The molecule has 0 saturated heterocycles. The van der Waals surface area contributed by atoms with E-state index in [1.807, 2.05) is 41.9 Å². The predicted molar refractivity (Wildman–Crippen MR) is 104 cm³/mol. The van der Waals surface area contributed by atoms with E-state index in [0.717, 1.165) is 37.1 Å². The lowest BCUT2D eigenvalue weighted by Crippen LogP contribution is -2.29. The summed E-state index contributed by atoms with van der Waals surface area (Å²) in [5.41, 5.74) is 3.54. The molecule has 6 nitrogen and oxygen atoms in total. The van der Waals surface area contributed by atoms with Gasteiger partial charge in [-0.05, 0) is 50.6 Å². The molecule has 2 aromatic carbocycles. The molecule has 1 heterocycles. The van der Waals surface area contributed by atoms with Crippen molar-refractivity contribution in [2.24, 2.45) is 0 Å². The van der Waals surface area contributed by atoms with Crippen molar-refractivity contribution < 1.29 is 4.79 Å². The lowest BCUT2D eigenvalue weighted by molar-refractivity contribution is 0.0953. The molecule has 0 bridgehead atoms. The van der Waals surface area contributed by atoms with Crippen LogP contribution >= 0.6 is 0 Å². The van der Waals surface area contributed by atoms with Gasteiger partial charge < -0.3 is 10.2 Å². The van der Waals surface area contributed by atoms with Crippen molar-refractivity contribution in [1.29, 1.82) is 0 Å². The molecule has 3 aromatic rings. The van der Waals surface area contributed by atoms with E-state index in [1.165, 1.54) is 5.69 Å². The van der Waals surface area contributed by atoms with Gasteiger partial charge in [0.15, 0.2) is 0 Å². The topological polar surface area (TPSA) is 63.1 Å². The molecule has 0 atom stereocenters. The molecule has 6 heteroatoms. The van der Waals surface area contributed by atoms with E-state index in [1.54, 1.807) is 6.07 Å². The van der Waals surface area contributed by atoms with Gasteiger partial charge in [0, 0.05) is 37.4 Å². The molecule has 0 radical (unpaired) electrons. The highest BCUT2D eigenvalue weighted by atomic mass is 16.1. The number of aromatic nitrogens is 3. The minimum atomic E-state index is -0.0688. The fourth-order valence-corrected chi connectivity index (χ4v) is 3.03. The van der Waals surface area contributed by atoms with Gasteiger partial charge in [0.2, 0.25) is 0 Å². The van der Waals surface area contributed by atoms with Crippen molar-refractivity contribution in [2.45, 2.75) is 26.8 Å². The van der Waals surface area contributed by atoms with Crippen LogP contribution in [0.5, 0.6) is 0 Å². The average Bonchev–Trinajstić information content (AvgIpc) is 3.11. The van der Waals surface area contributed by atoms with E-state index >= 15 is 0 Å². The first-order valence-corrected chi connectivity index (χ1v) is 9.14. The summed E-state index contributed by atoms with van der Waals surface area (Å²) in [6, 6.07) is 15.9. The molecule has 136 valence electrons. The number of amides is 1. The van der Waals surface area contributed by atoms with E-state index < -0.39 is 0 Å². The lowest BCUT2D eigenvalue weighted by atomic mass is 10.2. The first-order valence-electron chi connectivity index (χ1n) is 9.14. The second-order valence-electron chi connectivity index (χ2n) is 6.13. The summed E-state index contributed by atoms with van der Waals surface area (Å²) in [5.74, 6) is -0.0688. The lowest BCUT2D eigenvalue weighted by Gasteiger charge is -2.23. The molecule has 0 aliphatic carbocycles. The normalized spacial score (nSPS) is 10.8. The summed E-state index contributed by atoms with van der Waals surface area (Å²) >= 11 is 0. The Morgan fingerprint density at radius 2 is 1.96 bits per heavy atom. The highest BCUT2D eigenvalue weighted by molar-refractivity contribution is 5.97. The van der Waals surface area contributed by atoms with Gasteiger partial charge in [-0.2, -0.15) is 0 Å². The number of nitrogens with one attached hydrogen (secondary N) is 1. The number of carbonyl (C=O) groups is 1. The summed E-state index contributed by atoms with van der Waals surface area (Å²) in [5, 5.41) is 11.2. The SMILES string of the molecule is CCN(CCCNC(=O)c1ccc2c(c1)nnn2CC)c1ccccc1. The maximum atomic E-state index is 12.4. The van der Waals surface area contributed by atoms with E-state index in [9.17, 15) is 4.79 Å². The summed E-state index contributed by atoms with van der Waals surface area (Å²) in [7, 11) is 0. The summed E-state index contributed by atoms with van der Waals surface area (Å²) in [6.07, 6.45) is 0.892. The number of para-hydroxylation sites is 1. The van der Waals surface area contributed by atoms with Gasteiger partial charge in [0.1, 0.15) is 5.52 Å². The second-order valence-corrected chi connectivity index (χ2v) is 6.13. The Morgan fingerprint density at radius 3 is 2.69 bits per heavy atom. The Morgan fingerprint density at radius 1 is 1.15 bits per heavy atom. The molecular weight excluding hydrogens is 326 g/mol. The van der Waals surface area contributed by atoms with Crippen molar-refractivity contribution in [1.82, 2.24) is 20.3 Å². The minimum Gasteiger partial charge on any atom is -0.372 e. The van der Waals surface area contributed by atoms with E-state index in [-0.39, 0.29) is 5.91 Å². The van der Waals surface area contributed by atoms with Crippen molar-refractivity contribution in [3.63, 3.8) is 0 Å². The van der Waals surface area contributed by atoms with Crippen LogP contribution in [0.25, 0.3) is 11.0 Å². The molecule has 0 aliphatic heterocycles. The van der Waals surface area contributed by atoms with Crippen LogP contribution in [0.15, 0.2) is 48.5 Å². The highest BCUT2D eigenvalue weighted by Gasteiger charge is 2.10. The van der Waals surface area contributed by atoms with Gasteiger partial charge in [0.25, 0.3) is 5.91 Å². The van der Waals surface area contributed by atoms with Crippen LogP contribution < -0.4 is 10.2 Å². The monoisotopic (exact) mass is 351 g/mol. The van der Waals surface area contributed by atoms with Crippen molar-refractivity contribution in [3.8, 4) is 0 Å². The first kappa shape index (κ1) is 17.9. The molecule has 26 heavy (non-hydrogen) atoms. The number of hydrogen-bond donors (Lipinski definition) is 1. The first-order chi connectivity index (χ1) is 12.7. The van der Waals surface area contributed by atoms with Crippen LogP contribution in [0.2, 0.25) is 0 Å². The van der Waals surface area contributed by atoms with Crippen molar-refractivity contribution in [3.05, 3.63) is 54.1 Å². The summed E-state index contributed by atoms with van der Waals surface area (Å²) < 4.78 is 1.82. The second kappa shape index (κ2) is 8.47. The van der Waals surface area contributed by atoms with Gasteiger partial charge >= 0.3 is 0 Å². The number of rotatable bonds is 8. The Labute approximate surface area is 153 Å². The van der Waals surface area contributed by atoms with E-state index in [4.69, 9.17) is 0 Å². The quantitative estimate of drug-likeness (QED) is 0.634. The summed E-state index contributed by atoms with van der Waals surface area (Å²) in [4.78, 5) is 14.7. The zero-order chi connectivity index (χ0) is 18.4. The van der Waals surface area contributed by atoms with Crippen LogP contribution in [0.3, 0.4) is 0 Å². The zero-order valence-electron chi connectivity index (χ0n) is 15.4. The van der Waals surface area contributed by atoms with E-state index in [0.29, 0.717) is 12.1 Å². The predicted octanol–water partition coefficient (Wildman–Crippen LogP) is 3.10. The van der Waals surface area contributed by atoms with Crippen LogP contribution in [-0.2, 0) is 6.54 Å². The van der Waals surface area contributed by atoms with Gasteiger partial charge in [0.05, 0.1) is 5.52 Å². The average molecular weight is 351 g/mol. The molecule has 1 aromatic heterocycles. The standard InChI is InChI=1S/C20H25N5O/c1-3-24(17-9-6-5-7-10-17)14-8-13-21-20(26)16-11-12-19-18(15-16)22-23-25(19)4-2/h5-7,9-12,15H,3-4,8,13-14H2,1-2H3,(H,21,26). The number of nitrogens with zero attached hydrogens (tertiary/aromatic N) is 4. The Balaban J connectivity index is 1.52. The number of benzene rings is 2. The van der Waals surface area contributed by atoms with Gasteiger partial charge in [-0.15, -0.1) is 5.10 Å². The Bertz CT molecular complexity index is 859. The fraction of sp³-hybridized carbons (Fsp3) is 0.350. The Kier molecular flexibility index (Phi) is 5.84. The molecule has 1 N–H and O–H groups in total. The molecular formula is C20H25N5O. The van der Waals surface area contributed by atoms with Crippen LogP contribution in [0.1, 0.15) is 30.6 Å². The molecule has 0 spiro atoms. The third-order valence-corrected chi connectivity index (χ3v) is 4.47. The van der Waals surface area contributed by atoms with Crippen LogP contribution in [-0.4, -0.2) is 40.5 Å². The minimum absolute atomic E-state index is 0.0688. The molecule has 1 amide bonds. The molecule has 0 aliphatic rings. The zero-order valence-corrected chi connectivity index (χ0v) is 15.4. The third kappa shape index (κ3) is 4.02. The molecule has 3 rings (SSSR count). The van der Waals surface area contributed by atoms with Crippen LogP contribution in [0, 0.1) is 0 Å². The van der Waals surface area contributed by atoms with Crippen molar-refractivity contribution in [2.75, 3.05) is 24.5 Å².